The zero-order valence-electron chi connectivity index (χ0n) is 10.4. The maximum atomic E-state index is 5.33. The van der Waals surface area contributed by atoms with Crippen molar-refractivity contribution in [1.29, 1.82) is 0 Å². The van der Waals surface area contributed by atoms with Crippen molar-refractivity contribution in [2.45, 2.75) is 32.9 Å². The van der Waals surface area contributed by atoms with Crippen LogP contribution in [0.1, 0.15) is 26.3 Å². The monoisotopic (exact) mass is 207 g/mol. The van der Waals surface area contributed by atoms with Crippen LogP contribution >= 0.6 is 0 Å². The molecule has 0 aromatic heterocycles. The molecular weight excluding hydrogens is 186 g/mol. The summed E-state index contributed by atoms with van der Waals surface area (Å²) in [5.74, 6) is 0.966. The topological polar surface area (TPSA) is 12.5 Å². The number of hydrogen-bond donors (Lipinski definition) is 0. The van der Waals surface area contributed by atoms with Gasteiger partial charge in [0.1, 0.15) is 5.75 Å². The fourth-order valence-corrected chi connectivity index (χ4v) is 1.33. The van der Waals surface area contributed by atoms with Crippen molar-refractivity contribution in [3.8, 4) is 5.75 Å². The number of rotatable bonds is 3. The SMILES string of the molecule is COc1ccccc1CN(C)C(C)(C)C. The minimum atomic E-state index is 0.181. The van der Waals surface area contributed by atoms with Gasteiger partial charge in [-0.15, -0.1) is 0 Å². The molecule has 15 heavy (non-hydrogen) atoms. The first-order chi connectivity index (χ1) is 6.95. The van der Waals surface area contributed by atoms with Crippen LogP contribution in [0.4, 0.5) is 0 Å². The minimum absolute atomic E-state index is 0.181. The number of para-hydroxylation sites is 1. The summed E-state index contributed by atoms with van der Waals surface area (Å²) in [5, 5.41) is 0. The molecule has 0 bridgehead atoms. The molecule has 0 amide bonds. The number of nitrogens with zero attached hydrogens (tertiary/aromatic N) is 1. The summed E-state index contributed by atoms with van der Waals surface area (Å²) >= 11 is 0. The summed E-state index contributed by atoms with van der Waals surface area (Å²) in [4.78, 5) is 2.31. The molecule has 1 rings (SSSR count). The van der Waals surface area contributed by atoms with E-state index in [2.05, 4.69) is 38.8 Å². The Kier molecular flexibility index (Phi) is 3.75. The highest BCUT2D eigenvalue weighted by Crippen LogP contribution is 2.22. The summed E-state index contributed by atoms with van der Waals surface area (Å²) < 4.78 is 5.33. The van der Waals surface area contributed by atoms with Gasteiger partial charge < -0.3 is 4.74 Å². The van der Waals surface area contributed by atoms with Crippen molar-refractivity contribution in [2.24, 2.45) is 0 Å². The van der Waals surface area contributed by atoms with Gasteiger partial charge in [-0.25, -0.2) is 0 Å². The van der Waals surface area contributed by atoms with Gasteiger partial charge in [0.05, 0.1) is 7.11 Å². The molecule has 0 heterocycles. The Morgan fingerprint density at radius 3 is 2.33 bits per heavy atom. The van der Waals surface area contributed by atoms with Crippen LogP contribution in [0.2, 0.25) is 0 Å². The van der Waals surface area contributed by atoms with E-state index in [-0.39, 0.29) is 5.54 Å². The van der Waals surface area contributed by atoms with Crippen molar-refractivity contribution in [3.63, 3.8) is 0 Å². The summed E-state index contributed by atoms with van der Waals surface area (Å²) in [7, 11) is 3.85. The second-order valence-electron chi connectivity index (χ2n) is 4.84. The van der Waals surface area contributed by atoms with Crippen LogP contribution in [0.3, 0.4) is 0 Å². The summed E-state index contributed by atoms with van der Waals surface area (Å²) in [6.45, 7) is 7.54. The first kappa shape index (κ1) is 12.1. The fraction of sp³-hybridized carbons (Fsp3) is 0.538. The molecule has 0 saturated heterocycles. The molecular formula is C13H21NO. The molecule has 0 N–H and O–H groups in total. The van der Waals surface area contributed by atoms with Crippen molar-refractivity contribution in [3.05, 3.63) is 29.8 Å². The third kappa shape index (κ3) is 3.24. The van der Waals surface area contributed by atoms with Crippen molar-refractivity contribution < 1.29 is 4.74 Å². The quantitative estimate of drug-likeness (QED) is 0.755. The predicted octanol–water partition coefficient (Wildman–Crippen LogP) is 2.93. The van der Waals surface area contributed by atoms with Gasteiger partial charge in [0.15, 0.2) is 0 Å². The third-order valence-corrected chi connectivity index (χ3v) is 2.75. The molecule has 0 radical (unpaired) electrons. The lowest BCUT2D eigenvalue weighted by Gasteiger charge is -2.32. The molecule has 0 saturated carbocycles. The fourth-order valence-electron chi connectivity index (χ4n) is 1.33. The van der Waals surface area contributed by atoms with Crippen molar-refractivity contribution >= 4 is 0 Å². The molecule has 1 aromatic carbocycles. The first-order valence-electron chi connectivity index (χ1n) is 5.28. The zero-order chi connectivity index (χ0) is 11.5. The summed E-state index contributed by atoms with van der Waals surface area (Å²) in [6.07, 6.45) is 0. The molecule has 84 valence electrons. The average molecular weight is 207 g/mol. The van der Waals surface area contributed by atoms with Gasteiger partial charge in [0.25, 0.3) is 0 Å². The van der Waals surface area contributed by atoms with E-state index in [1.807, 2.05) is 18.2 Å². The summed E-state index contributed by atoms with van der Waals surface area (Å²) in [5.41, 5.74) is 1.42. The van der Waals surface area contributed by atoms with Crippen LogP contribution in [0.15, 0.2) is 24.3 Å². The van der Waals surface area contributed by atoms with E-state index in [1.54, 1.807) is 7.11 Å². The molecule has 0 fully saturated rings. The Morgan fingerprint density at radius 2 is 1.80 bits per heavy atom. The van der Waals surface area contributed by atoms with Crippen LogP contribution in [-0.4, -0.2) is 24.6 Å². The van der Waals surface area contributed by atoms with Gasteiger partial charge in [-0.05, 0) is 33.9 Å². The van der Waals surface area contributed by atoms with E-state index in [1.165, 1.54) is 5.56 Å². The van der Waals surface area contributed by atoms with Crippen LogP contribution < -0.4 is 4.74 Å². The molecule has 0 spiro atoms. The highest BCUT2D eigenvalue weighted by atomic mass is 16.5. The van der Waals surface area contributed by atoms with Crippen LogP contribution in [0, 0.1) is 0 Å². The standard InChI is InChI=1S/C13H21NO/c1-13(2,3)14(4)10-11-8-6-7-9-12(11)15-5/h6-9H,10H2,1-5H3. The van der Waals surface area contributed by atoms with Crippen LogP contribution in [0.5, 0.6) is 5.75 Å². The zero-order valence-corrected chi connectivity index (χ0v) is 10.4. The highest BCUT2D eigenvalue weighted by Gasteiger charge is 2.17. The Balaban J connectivity index is 2.80. The van der Waals surface area contributed by atoms with Gasteiger partial charge in [-0.2, -0.15) is 0 Å². The normalized spacial score (nSPS) is 11.9. The Bertz CT molecular complexity index is 315. The van der Waals surface area contributed by atoms with E-state index >= 15 is 0 Å². The van der Waals surface area contributed by atoms with E-state index in [0.717, 1.165) is 12.3 Å². The molecule has 0 unspecified atom stereocenters. The minimum Gasteiger partial charge on any atom is -0.496 e. The molecule has 0 atom stereocenters. The Hall–Kier alpha value is -1.02. The lowest BCUT2D eigenvalue weighted by Crippen LogP contribution is -2.37. The molecule has 2 nitrogen and oxygen atoms in total. The molecule has 1 aromatic rings. The van der Waals surface area contributed by atoms with Gasteiger partial charge in [0, 0.05) is 17.6 Å². The number of methoxy groups -OCH3 is 1. The smallest absolute Gasteiger partial charge is 0.123 e. The van der Waals surface area contributed by atoms with Gasteiger partial charge in [-0.3, -0.25) is 4.90 Å². The van der Waals surface area contributed by atoms with E-state index in [9.17, 15) is 0 Å². The highest BCUT2D eigenvalue weighted by molar-refractivity contribution is 5.33. The van der Waals surface area contributed by atoms with Crippen LogP contribution in [0.25, 0.3) is 0 Å². The number of hydrogen-bond acceptors (Lipinski definition) is 2. The maximum Gasteiger partial charge on any atom is 0.123 e. The maximum absolute atomic E-state index is 5.33. The number of benzene rings is 1. The molecule has 0 aliphatic heterocycles. The predicted molar refractivity (Wildman–Crippen MR) is 64.2 cm³/mol. The van der Waals surface area contributed by atoms with Crippen molar-refractivity contribution in [1.82, 2.24) is 4.90 Å². The Labute approximate surface area is 92.9 Å². The van der Waals surface area contributed by atoms with E-state index in [0.29, 0.717) is 0 Å². The largest absolute Gasteiger partial charge is 0.496 e. The van der Waals surface area contributed by atoms with Gasteiger partial charge >= 0.3 is 0 Å². The Morgan fingerprint density at radius 1 is 1.20 bits per heavy atom. The lowest BCUT2D eigenvalue weighted by atomic mass is 10.1. The molecule has 2 heteroatoms. The average Bonchev–Trinajstić information content (AvgIpc) is 2.17. The molecule has 0 aliphatic rings. The second kappa shape index (κ2) is 4.67. The summed E-state index contributed by atoms with van der Waals surface area (Å²) in [6, 6.07) is 8.17. The second-order valence-corrected chi connectivity index (χ2v) is 4.84. The molecule has 0 aliphatic carbocycles. The lowest BCUT2D eigenvalue weighted by molar-refractivity contribution is 0.165. The van der Waals surface area contributed by atoms with E-state index < -0.39 is 0 Å². The van der Waals surface area contributed by atoms with Crippen LogP contribution in [-0.2, 0) is 6.54 Å². The van der Waals surface area contributed by atoms with Crippen molar-refractivity contribution in [2.75, 3.05) is 14.2 Å². The van der Waals surface area contributed by atoms with Gasteiger partial charge in [0.2, 0.25) is 0 Å². The van der Waals surface area contributed by atoms with Gasteiger partial charge in [-0.1, -0.05) is 18.2 Å². The first-order valence-corrected chi connectivity index (χ1v) is 5.28. The van der Waals surface area contributed by atoms with E-state index in [4.69, 9.17) is 4.74 Å². The number of ether oxygens (including phenoxy) is 1. The third-order valence-electron chi connectivity index (χ3n) is 2.75.